The zero-order valence-electron chi connectivity index (χ0n) is 18.5. The third kappa shape index (κ3) is 4.21. The lowest BCUT2D eigenvalue weighted by Crippen LogP contribution is -2.51. The molecule has 1 aliphatic carbocycles. The lowest BCUT2D eigenvalue weighted by Gasteiger charge is -2.34. The van der Waals surface area contributed by atoms with Gasteiger partial charge in [-0.2, -0.15) is 0 Å². The van der Waals surface area contributed by atoms with Gasteiger partial charge in [0.25, 0.3) is 11.5 Å². The van der Waals surface area contributed by atoms with Gasteiger partial charge in [0.15, 0.2) is 10.9 Å². The first-order valence-electron chi connectivity index (χ1n) is 11.3. The van der Waals surface area contributed by atoms with Crippen LogP contribution in [-0.2, 0) is 24.2 Å². The fourth-order valence-electron chi connectivity index (χ4n) is 4.54. The third-order valence-corrected chi connectivity index (χ3v) is 8.48. The lowest BCUT2D eigenvalue weighted by molar-refractivity contribution is -0.129. The highest BCUT2D eigenvalue weighted by atomic mass is 32.2. The van der Waals surface area contributed by atoms with Gasteiger partial charge in [-0.05, 0) is 50.3 Å². The minimum atomic E-state index is -0.149. The lowest BCUT2D eigenvalue weighted by atomic mass is 9.97. The number of hydrogen-bond donors (Lipinski definition) is 0. The molecule has 33 heavy (non-hydrogen) atoms. The molecule has 2 amide bonds. The van der Waals surface area contributed by atoms with Crippen LogP contribution in [0.5, 0.6) is 0 Å². The maximum Gasteiger partial charge on any atom is 0.289 e. The summed E-state index contributed by atoms with van der Waals surface area (Å²) in [6.07, 6.45) is 5.75. The van der Waals surface area contributed by atoms with E-state index in [9.17, 15) is 14.4 Å². The first kappa shape index (κ1) is 22.2. The van der Waals surface area contributed by atoms with Crippen LogP contribution < -0.4 is 5.56 Å². The number of amides is 2. The average molecular weight is 487 g/mol. The maximum atomic E-state index is 13.2. The van der Waals surface area contributed by atoms with Crippen LogP contribution in [-0.4, -0.2) is 63.1 Å². The van der Waals surface area contributed by atoms with E-state index in [1.807, 2.05) is 6.92 Å². The van der Waals surface area contributed by atoms with Crippen molar-refractivity contribution < 1.29 is 14.0 Å². The minimum Gasteiger partial charge on any atom is -0.459 e. The molecule has 2 aliphatic rings. The van der Waals surface area contributed by atoms with Gasteiger partial charge in [0.05, 0.1) is 17.4 Å². The molecule has 174 valence electrons. The number of fused-ring (bicyclic) bond motifs is 3. The molecule has 3 aromatic rings. The standard InChI is InChI=1S/C23H26N4O4S2/c1-2-27-22(30)19-15-6-3-4-8-17(15)33-20(19)24-23(27)32-14-18(28)25-9-11-26(12-10-25)21(29)16-7-5-13-31-16/h5,7,13H,2-4,6,8-12,14H2,1H3. The summed E-state index contributed by atoms with van der Waals surface area (Å²) in [6, 6.07) is 3.34. The van der Waals surface area contributed by atoms with Crippen LogP contribution in [0.15, 0.2) is 32.8 Å². The topological polar surface area (TPSA) is 88.7 Å². The summed E-state index contributed by atoms with van der Waals surface area (Å²) in [5.74, 6) is 0.381. The smallest absolute Gasteiger partial charge is 0.289 e. The van der Waals surface area contributed by atoms with Crippen LogP contribution in [0, 0.1) is 0 Å². The summed E-state index contributed by atoms with van der Waals surface area (Å²) in [5.41, 5.74) is 1.21. The Kier molecular flexibility index (Phi) is 6.29. The Morgan fingerprint density at radius 2 is 1.91 bits per heavy atom. The minimum absolute atomic E-state index is 0.00688. The summed E-state index contributed by atoms with van der Waals surface area (Å²) < 4.78 is 6.89. The molecule has 1 saturated heterocycles. The molecule has 5 rings (SSSR count). The van der Waals surface area contributed by atoms with Gasteiger partial charge in [-0.1, -0.05) is 11.8 Å². The van der Waals surface area contributed by atoms with E-state index >= 15 is 0 Å². The monoisotopic (exact) mass is 486 g/mol. The first-order chi connectivity index (χ1) is 16.1. The van der Waals surface area contributed by atoms with Crippen LogP contribution in [0.1, 0.15) is 40.8 Å². The second-order valence-electron chi connectivity index (χ2n) is 8.27. The molecule has 0 aromatic carbocycles. The van der Waals surface area contributed by atoms with Gasteiger partial charge in [0.1, 0.15) is 4.83 Å². The van der Waals surface area contributed by atoms with Gasteiger partial charge in [0.2, 0.25) is 5.91 Å². The predicted molar refractivity (Wildman–Crippen MR) is 128 cm³/mol. The molecule has 4 heterocycles. The Bertz CT molecular complexity index is 1240. The van der Waals surface area contributed by atoms with Crippen LogP contribution in [0.3, 0.4) is 0 Å². The van der Waals surface area contributed by atoms with E-state index in [2.05, 4.69) is 0 Å². The number of thioether (sulfide) groups is 1. The molecule has 0 unspecified atom stereocenters. The van der Waals surface area contributed by atoms with Crippen molar-refractivity contribution in [3.05, 3.63) is 45.0 Å². The first-order valence-corrected chi connectivity index (χ1v) is 13.2. The molecule has 10 heteroatoms. The number of piperazine rings is 1. The Hall–Kier alpha value is -2.59. The van der Waals surface area contributed by atoms with Crippen LogP contribution in [0.2, 0.25) is 0 Å². The number of carbonyl (C=O) groups excluding carboxylic acids is 2. The van der Waals surface area contributed by atoms with Gasteiger partial charge in [-0.25, -0.2) is 4.98 Å². The van der Waals surface area contributed by atoms with Crippen LogP contribution in [0.25, 0.3) is 10.2 Å². The molecular formula is C23H26N4O4S2. The van der Waals surface area contributed by atoms with Crippen molar-refractivity contribution in [3.63, 3.8) is 0 Å². The quantitative estimate of drug-likeness (QED) is 0.407. The molecule has 1 fully saturated rings. The fraction of sp³-hybridized carbons (Fsp3) is 0.478. The highest BCUT2D eigenvalue weighted by Gasteiger charge is 2.27. The van der Waals surface area contributed by atoms with E-state index in [1.165, 1.54) is 28.5 Å². The molecule has 1 aliphatic heterocycles. The van der Waals surface area contributed by atoms with E-state index in [1.54, 1.807) is 37.8 Å². The molecule has 8 nitrogen and oxygen atoms in total. The summed E-state index contributed by atoms with van der Waals surface area (Å²) in [4.78, 5) is 48.9. The molecule has 0 bridgehead atoms. The molecular weight excluding hydrogens is 460 g/mol. The maximum absolute atomic E-state index is 13.2. The van der Waals surface area contributed by atoms with Crippen molar-refractivity contribution in [2.75, 3.05) is 31.9 Å². The highest BCUT2D eigenvalue weighted by Crippen LogP contribution is 2.34. The van der Waals surface area contributed by atoms with Crippen molar-refractivity contribution in [1.29, 1.82) is 0 Å². The summed E-state index contributed by atoms with van der Waals surface area (Å²) >= 11 is 2.96. The van der Waals surface area contributed by atoms with E-state index in [4.69, 9.17) is 9.40 Å². The SMILES string of the molecule is CCn1c(SCC(=O)N2CCN(C(=O)c3ccco3)CC2)nc2sc3c(c2c1=O)CCCC3. The summed E-state index contributed by atoms with van der Waals surface area (Å²) in [6.45, 7) is 4.37. The van der Waals surface area contributed by atoms with Crippen LogP contribution >= 0.6 is 23.1 Å². The molecule has 0 atom stereocenters. The summed E-state index contributed by atoms with van der Waals surface area (Å²) in [5, 5.41) is 1.39. The van der Waals surface area contributed by atoms with E-state index in [-0.39, 0.29) is 23.1 Å². The van der Waals surface area contributed by atoms with Crippen molar-refractivity contribution in [2.24, 2.45) is 0 Å². The Morgan fingerprint density at radius 3 is 2.64 bits per heavy atom. The molecule has 0 spiro atoms. The predicted octanol–water partition coefficient (Wildman–Crippen LogP) is 3.03. The largest absolute Gasteiger partial charge is 0.459 e. The van der Waals surface area contributed by atoms with Crippen LogP contribution in [0.4, 0.5) is 0 Å². The number of thiophene rings is 1. The molecule has 0 N–H and O–H groups in total. The number of rotatable bonds is 5. The number of aryl methyl sites for hydroxylation is 2. The number of furan rings is 1. The van der Waals surface area contributed by atoms with Gasteiger partial charge in [-0.15, -0.1) is 11.3 Å². The third-order valence-electron chi connectivity index (χ3n) is 6.33. The second kappa shape index (κ2) is 9.34. The Labute approximate surface area is 199 Å². The number of aromatic nitrogens is 2. The summed E-state index contributed by atoms with van der Waals surface area (Å²) in [7, 11) is 0. The van der Waals surface area contributed by atoms with Crippen molar-refractivity contribution in [3.8, 4) is 0 Å². The Morgan fingerprint density at radius 1 is 1.15 bits per heavy atom. The van der Waals surface area contributed by atoms with Gasteiger partial charge in [-0.3, -0.25) is 19.0 Å². The zero-order valence-corrected chi connectivity index (χ0v) is 20.2. The number of carbonyl (C=O) groups is 2. The second-order valence-corrected chi connectivity index (χ2v) is 10.3. The normalized spacial score (nSPS) is 16.3. The van der Waals surface area contributed by atoms with E-state index in [0.717, 1.165) is 35.9 Å². The number of nitrogens with zero attached hydrogens (tertiary/aromatic N) is 4. The van der Waals surface area contributed by atoms with Crippen molar-refractivity contribution in [1.82, 2.24) is 19.4 Å². The fourth-order valence-corrected chi connectivity index (χ4v) is 6.81. The van der Waals surface area contributed by atoms with Crippen molar-refractivity contribution in [2.45, 2.75) is 44.3 Å². The van der Waals surface area contributed by atoms with Gasteiger partial charge < -0.3 is 14.2 Å². The average Bonchev–Trinajstić information content (AvgIpc) is 3.50. The van der Waals surface area contributed by atoms with Crippen molar-refractivity contribution >= 4 is 45.1 Å². The molecule has 0 saturated carbocycles. The van der Waals surface area contributed by atoms with Gasteiger partial charge >= 0.3 is 0 Å². The number of hydrogen-bond acceptors (Lipinski definition) is 7. The zero-order chi connectivity index (χ0) is 22.9. The van der Waals surface area contributed by atoms with Gasteiger partial charge in [0, 0.05) is 37.6 Å². The molecule has 3 aromatic heterocycles. The highest BCUT2D eigenvalue weighted by molar-refractivity contribution is 7.99. The molecule has 0 radical (unpaired) electrons. The van der Waals surface area contributed by atoms with E-state index in [0.29, 0.717) is 43.6 Å². The van der Waals surface area contributed by atoms with E-state index < -0.39 is 0 Å². The Balaban J connectivity index is 1.26.